The highest BCUT2D eigenvalue weighted by Gasteiger charge is 2.45. The van der Waals surface area contributed by atoms with E-state index in [9.17, 15) is 26.7 Å². The average Bonchev–Trinajstić information content (AvgIpc) is 2.76. The van der Waals surface area contributed by atoms with E-state index in [2.05, 4.69) is 20.3 Å². The van der Waals surface area contributed by atoms with Gasteiger partial charge in [0.15, 0.2) is 0 Å². The molecule has 2 fully saturated rings. The van der Waals surface area contributed by atoms with E-state index in [0.29, 0.717) is 25.2 Å². The standard InChI is InChI=1S/C21H23F5N6O/c1-2-18(33)31-7-3-4-13(10-31)15-9-17(30-19(28-15)32-11-20(22,23)12-32)29-16-8-14(5-6-27-16)21(24,25)26/h5-6,8-9,13H,2-4,7,10-12H2,1H3,(H,27,28,29,30). The summed E-state index contributed by atoms with van der Waals surface area (Å²) in [5.41, 5.74) is -0.337. The van der Waals surface area contributed by atoms with Crippen molar-refractivity contribution >= 4 is 23.5 Å². The van der Waals surface area contributed by atoms with E-state index in [1.807, 2.05) is 0 Å². The number of nitrogens with one attached hydrogen (secondary N) is 1. The monoisotopic (exact) mass is 470 g/mol. The maximum absolute atomic E-state index is 13.4. The molecule has 1 unspecified atom stereocenters. The summed E-state index contributed by atoms with van der Waals surface area (Å²) in [4.78, 5) is 27.8. The fraction of sp³-hybridized carbons (Fsp3) is 0.524. The second-order valence-electron chi connectivity index (χ2n) is 8.28. The number of carbonyl (C=O) groups excluding carboxylic acids is 1. The predicted octanol–water partition coefficient (Wildman–Crippen LogP) is 4.21. The van der Waals surface area contributed by atoms with E-state index in [4.69, 9.17) is 0 Å². The van der Waals surface area contributed by atoms with Gasteiger partial charge < -0.3 is 15.1 Å². The summed E-state index contributed by atoms with van der Waals surface area (Å²) in [6.07, 6.45) is -1.64. The van der Waals surface area contributed by atoms with Gasteiger partial charge in [0, 0.05) is 37.7 Å². The fourth-order valence-corrected chi connectivity index (χ4v) is 4.00. The molecule has 178 valence electrons. The molecule has 1 atom stereocenters. The van der Waals surface area contributed by atoms with Crippen LogP contribution < -0.4 is 10.2 Å². The highest BCUT2D eigenvalue weighted by Crippen LogP contribution is 2.34. The van der Waals surface area contributed by atoms with Gasteiger partial charge in [-0.05, 0) is 25.0 Å². The zero-order valence-electron chi connectivity index (χ0n) is 17.9. The van der Waals surface area contributed by atoms with Crippen molar-refractivity contribution in [2.45, 2.75) is 44.2 Å². The Kier molecular flexibility index (Phi) is 6.10. The number of amides is 1. The minimum atomic E-state index is -4.54. The number of nitrogens with zero attached hydrogens (tertiary/aromatic N) is 5. The number of anilines is 3. The zero-order valence-corrected chi connectivity index (χ0v) is 17.9. The molecule has 0 radical (unpaired) electrons. The molecule has 0 bridgehead atoms. The Morgan fingerprint density at radius 1 is 1.21 bits per heavy atom. The summed E-state index contributed by atoms with van der Waals surface area (Å²) in [5, 5.41) is 2.75. The van der Waals surface area contributed by atoms with E-state index in [-0.39, 0.29) is 29.4 Å². The van der Waals surface area contributed by atoms with Crippen molar-refractivity contribution in [3.8, 4) is 0 Å². The Balaban J connectivity index is 1.63. The Bertz CT molecular complexity index is 1020. The van der Waals surface area contributed by atoms with Gasteiger partial charge in [0.05, 0.1) is 24.3 Å². The molecule has 2 aromatic heterocycles. The Hall–Kier alpha value is -3.05. The van der Waals surface area contributed by atoms with Crippen LogP contribution in [0.2, 0.25) is 0 Å². The molecule has 0 saturated carbocycles. The van der Waals surface area contributed by atoms with Crippen molar-refractivity contribution in [1.29, 1.82) is 0 Å². The van der Waals surface area contributed by atoms with E-state index in [1.165, 1.54) is 4.90 Å². The van der Waals surface area contributed by atoms with Crippen LogP contribution in [0.5, 0.6) is 0 Å². The molecule has 4 rings (SSSR count). The summed E-state index contributed by atoms with van der Waals surface area (Å²) in [6, 6.07) is 3.28. The van der Waals surface area contributed by atoms with Crippen LogP contribution in [0.1, 0.15) is 43.4 Å². The third kappa shape index (κ3) is 5.31. The molecule has 7 nitrogen and oxygen atoms in total. The van der Waals surface area contributed by atoms with Crippen LogP contribution in [0.25, 0.3) is 0 Å². The van der Waals surface area contributed by atoms with Crippen LogP contribution in [0.15, 0.2) is 24.4 Å². The van der Waals surface area contributed by atoms with Crippen molar-refractivity contribution in [3.05, 3.63) is 35.7 Å². The molecule has 2 aliphatic rings. The molecule has 2 aromatic rings. The molecule has 0 spiro atoms. The first kappa shape index (κ1) is 23.1. The number of aromatic nitrogens is 3. The number of halogens is 5. The summed E-state index contributed by atoms with van der Waals surface area (Å²) >= 11 is 0. The maximum Gasteiger partial charge on any atom is 0.416 e. The minimum Gasteiger partial charge on any atom is -0.342 e. The maximum atomic E-state index is 13.4. The van der Waals surface area contributed by atoms with Crippen molar-refractivity contribution in [2.75, 3.05) is 36.4 Å². The molecule has 1 N–H and O–H groups in total. The summed E-state index contributed by atoms with van der Waals surface area (Å²) in [6.45, 7) is 1.77. The molecule has 0 aliphatic carbocycles. The Morgan fingerprint density at radius 2 is 1.97 bits per heavy atom. The van der Waals surface area contributed by atoms with E-state index >= 15 is 0 Å². The first-order valence-corrected chi connectivity index (χ1v) is 10.6. The van der Waals surface area contributed by atoms with Gasteiger partial charge in [-0.1, -0.05) is 6.92 Å². The number of hydrogen-bond donors (Lipinski definition) is 1. The van der Waals surface area contributed by atoms with Crippen LogP contribution in [0, 0.1) is 0 Å². The van der Waals surface area contributed by atoms with Crippen LogP contribution in [0.3, 0.4) is 0 Å². The highest BCUT2D eigenvalue weighted by atomic mass is 19.4. The van der Waals surface area contributed by atoms with Gasteiger partial charge in [-0.25, -0.2) is 18.7 Å². The van der Waals surface area contributed by atoms with Gasteiger partial charge in [-0.15, -0.1) is 0 Å². The van der Waals surface area contributed by atoms with Gasteiger partial charge >= 0.3 is 6.18 Å². The van der Waals surface area contributed by atoms with Crippen LogP contribution >= 0.6 is 0 Å². The fourth-order valence-electron chi connectivity index (χ4n) is 4.00. The van der Waals surface area contributed by atoms with Crippen LogP contribution in [-0.2, 0) is 11.0 Å². The smallest absolute Gasteiger partial charge is 0.342 e. The van der Waals surface area contributed by atoms with Crippen molar-refractivity contribution in [1.82, 2.24) is 19.9 Å². The quantitative estimate of drug-likeness (QED) is 0.661. The normalized spacial score (nSPS) is 20.4. The topological polar surface area (TPSA) is 74.2 Å². The number of pyridine rings is 1. The van der Waals surface area contributed by atoms with Crippen molar-refractivity contribution in [2.24, 2.45) is 0 Å². The van der Waals surface area contributed by atoms with Gasteiger partial charge in [-0.2, -0.15) is 18.2 Å². The number of likely N-dealkylation sites (tertiary alicyclic amines) is 1. The Labute approximate surface area is 187 Å². The lowest BCUT2D eigenvalue weighted by molar-refractivity contribution is -0.137. The zero-order chi connectivity index (χ0) is 23.8. The lowest BCUT2D eigenvalue weighted by Gasteiger charge is -2.39. The first-order valence-electron chi connectivity index (χ1n) is 10.6. The molecule has 2 aliphatic heterocycles. The number of carbonyl (C=O) groups is 1. The van der Waals surface area contributed by atoms with Crippen molar-refractivity contribution in [3.63, 3.8) is 0 Å². The van der Waals surface area contributed by atoms with E-state index in [1.54, 1.807) is 17.9 Å². The van der Waals surface area contributed by atoms with Gasteiger partial charge in [0.1, 0.15) is 11.6 Å². The summed E-state index contributed by atoms with van der Waals surface area (Å²) in [5.74, 6) is -2.84. The number of hydrogen-bond acceptors (Lipinski definition) is 6. The second-order valence-corrected chi connectivity index (χ2v) is 8.28. The molecule has 33 heavy (non-hydrogen) atoms. The summed E-state index contributed by atoms with van der Waals surface area (Å²) < 4.78 is 66.0. The molecular formula is C21H23F5N6O. The van der Waals surface area contributed by atoms with Crippen molar-refractivity contribution < 1.29 is 26.7 Å². The number of rotatable bonds is 5. The van der Waals surface area contributed by atoms with Crippen LogP contribution in [-0.4, -0.2) is 57.9 Å². The predicted molar refractivity (Wildman–Crippen MR) is 111 cm³/mol. The molecule has 2 saturated heterocycles. The Morgan fingerprint density at radius 3 is 2.64 bits per heavy atom. The number of alkyl halides is 5. The number of piperidine rings is 1. The van der Waals surface area contributed by atoms with Crippen LogP contribution in [0.4, 0.5) is 39.5 Å². The third-order valence-electron chi connectivity index (χ3n) is 5.70. The second kappa shape index (κ2) is 8.71. The summed E-state index contributed by atoms with van der Waals surface area (Å²) in [7, 11) is 0. The lowest BCUT2D eigenvalue weighted by atomic mass is 9.94. The lowest BCUT2D eigenvalue weighted by Crippen LogP contribution is -2.57. The molecule has 12 heteroatoms. The first-order chi connectivity index (χ1) is 15.5. The molecule has 4 heterocycles. The molecular weight excluding hydrogens is 447 g/mol. The largest absolute Gasteiger partial charge is 0.416 e. The molecule has 0 aromatic carbocycles. The molecule has 1 amide bonds. The van der Waals surface area contributed by atoms with E-state index in [0.717, 1.165) is 31.2 Å². The van der Waals surface area contributed by atoms with Gasteiger partial charge in [0.25, 0.3) is 5.92 Å². The van der Waals surface area contributed by atoms with E-state index < -0.39 is 30.8 Å². The van der Waals surface area contributed by atoms with Gasteiger partial charge in [0.2, 0.25) is 11.9 Å². The van der Waals surface area contributed by atoms with Gasteiger partial charge in [-0.3, -0.25) is 4.79 Å². The highest BCUT2D eigenvalue weighted by molar-refractivity contribution is 5.76. The average molecular weight is 470 g/mol. The SMILES string of the molecule is CCC(=O)N1CCCC(c2cc(Nc3cc(C(F)(F)F)ccn3)nc(N3CC(F)(F)C3)n2)C1. The third-order valence-corrected chi connectivity index (χ3v) is 5.70. The minimum absolute atomic E-state index is 0.0166.